The number of hydrogen-bond acceptors (Lipinski definition) is 3. The molecule has 0 heterocycles. The van der Waals surface area contributed by atoms with E-state index in [0.717, 1.165) is 0 Å². The molecule has 0 aliphatic carbocycles. The summed E-state index contributed by atoms with van der Waals surface area (Å²) in [5.74, 6) is 0.667. The molecule has 0 atom stereocenters. The van der Waals surface area contributed by atoms with Gasteiger partial charge in [0.2, 0.25) is 5.91 Å². The lowest BCUT2D eigenvalue weighted by Crippen LogP contribution is -2.27. The van der Waals surface area contributed by atoms with E-state index in [4.69, 9.17) is 4.74 Å². The van der Waals surface area contributed by atoms with Crippen LogP contribution in [0.4, 0.5) is 5.69 Å². The summed E-state index contributed by atoms with van der Waals surface area (Å²) in [6.07, 6.45) is 0.455. The standard InChI is InChI=1S/C13H20N2O2/c1-10(2)14-9-8-13(16)15-11-6-4-5-7-12(11)17-3/h4-7,10,14H,8-9H2,1-3H3,(H,15,16). The molecule has 94 valence electrons. The SMILES string of the molecule is COc1ccccc1NC(=O)CCNC(C)C. The minimum absolute atomic E-state index is 0.0114. The average Bonchev–Trinajstić information content (AvgIpc) is 2.29. The summed E-state index contributed by atoms with van der Waals surface area (Å²) in [6.45, 7) is 4.79. The van der Waals surface area contributed by atoms with Crippen LogP contribution < -0.4 is 15.4 Å². The van der Waals surface area contributed by atoms with E-state index in [0.29, 0.717) is 30.4 Å². The Kier molecular flexibility index (Phi) is 5.49. The summed E-state index contributed by atoms with van der Waals surface area (Å²) in [5.41, 5.74) is 0.713. The van der Waals surface area contributed by atoms with Crippen LogP contribution in [0.3, 0.4) is 0 Å². The van der Waals surface area contributed by atoms with Gasteiger partial charge < -0.3 is 15.4 Å². The smallest absolute Gasteiger partial charge is 0.225 e. The third-order valence-electron chi connectivity index (χ3n) is 2.29. The number of hydrogen-bond donors (Lipinski definition) is 2. The summed E-state index contributed by atoms with van der Waals surface area (Å²) < 4.78 is 5.16. The third kappa shape index (κ3) is 4.87. The van der Waals surface area contributed by atoms with E-state index >= 15 is 0 Å². The molecule has 1 aromatic rings. The molecule has 0 radical (unpaired) electrons. The normalized spacial score (nSPS) is 10.4. The van der Waals surface area contributed by atoms with Gasteiger partial charge in [0.15, 0.2) is 0 Å². The summed E-state index contributed by atoms with van der Waals surface area (Å²) >= 11 is 0. The molecule has 4 heteroatoms. The van der Waals surface area contributed by atoms with E-state index in [1.807, 2.05) is 24.3 Å². The van der Waals surface area contributed by atoms with Crippen molar-refractivity contribution in [1.82, 2.24) is 5.32 Å². The average molecular weight is 236 g/mol. The van der Waals surface area contributed by atoms with Crippen molar-refractivity contribution in [3.05, 3.63) is 24.3 Å². The van der Waals surface area contributed by atoms with Gasteiger partial charge in [-0.3, -0.25) is 4.79 Å². The number of carbonyl (C=O) groups is 1. The lowest BCUT2D eigenvalue weighted by atomic mass is 10.2. The molecule has 1 aromatic carbocycles. The van der Waals surface area contributed by atoms with Gasteiger partial charge in [0, 0.05) is 19.0 Å². The van der Waals surface area contributed by atoms with Crippen LogP contribution in [0.15, 0.2) is 24.3 Å². The number of rotatable bonds is 6. The highest BCUT2D eigenvalue weighted by atomic mass is 16.5. The fraction of sp³-hybridized carbons (Fsp3) is 0.462. The van der Waals surface area contributed by atoms with Crippen molar-refractivity contribution >= 4 is 11.6 Å². The number of nitrogens with one attached hydrogen (secondary N) is 2. The van der Waals surface area contributed by atoms with E-state index in [-0.39, 0.29) is 5.91 Å². The van der Waals surface area contributed by atoms with Gasteiger partial charge in [-0.2, -0.15) is 0 Å². The van der Waals surface area contributed by atoms with Gasteiger partial charge in [0.25, 0.3) is 0 Å². The quantitative estimate of drug-likeness (QED) is 0.794. The molecule has 0 spiro atoms. The first kappa shape index (κ1) is 13.5. The number of amides is 1. The van der Waals surface area contributed by atoms with Crippen LogP contribution in [0.25, 0.3) is 0 Å². The van der Waals surface area contributed by atoms with Crippen molar-refractivity contribution in [2.45, 2.75) is 26.3 Å². The van der Waals surface area contributed by atoms with Gasteiger partial charge >= 0.3 is 0 Å². The minimum Gasteiger partial charge on any atom is -0.495 e. The van der Waals surface area contributed by atoms with E-state index in [2.05, 4.69) is 24.5 Å². The Labute approximate surface area is 102 Å². The molecule has 0 aliphatic heterocycles. The molecule has 17 heavy (non-hydrogen) atoms. The van der Waals surface area contributed by atoms with Crippen molar-refractivity contribution < 1.29 is 9.53 Å². The Bertz CT molecular complexity index is 364. The zero-order valence-electron chi connectivity index (χ0n) is 10.6. The lowest BCUT2D eigenvalue weighted by Gasteiger charge is -2.11. The van der Waals surface area contributed by atoms with E-state index in [1.165, 1.54) is 0 Å². The van der Waals surface area contributed by atoms with Crippen LogP contribution >= 0.6 is 0 Å². The van der Waals surface area contributed by atoms with Gasteiger partial charge in [-0.1, -0.05) is 26.0 Å². The Morgan fingerprint density at radius 1 is 1.35 bits per heavy atom. The van der Waals surface area contributed by atoms with Crippen molar-refractivity contribution in [2.75, 3.05) is 19.0 Å². The second-order valence-electron chi connectivity index (χ2n) is 4.11. The second kappa shape index (κ2) is 6.91. The molecule has 0 unspecified atom stereocenters. The summed E-state index contributed by atoms with van der Waals surface area (Å²) in [4.78, 5) is 11.7. The first-order chi connectivity index (χ1) is 8.13. The van der Waals surface area contributed by atoms with Crippen LogP contribution in [0, 0.1) is 0 Å². The Balaban J connectivity index is 2.45. The number of ether oxygens (including phenoxy) is 1. The number of benzene rings is 1. The summed E-state index contributed by atoms with van der Waals surface area (Å²) in [7, 11) is 1.59. The highest BCUT2D eigenvalue weighted by molar-refractivity contribution is 5.92. The number of anilines is 1. The van der Waals surface area contributed by atoms with E-state index in [1.54, 1.807) is 7.11 Å². The Hall–Kier alpha value is -1.55. The van der Waals surface area contributed by atoms with Crippen molar-refractivity contribution in [1.29, 1.82) is 0 Å². The van der Waals surface area contributed by atoms with Gasteiger partial charge in [0.05, 0.1) is 12.8 Å². The maximum atomic E-state index is 11.7. The maximum absolute atomic E-state index is 11.7. The molecule has 0 aromatic heterocycles. The van der Waals surface area contributed by atoms with Crippen molar-refractivity contribution in [2.24, 2.45) is 0 Å². The zero-order chi connectivity index (χ0) is 12.7. The van der Waals surface area contributed by atoms with Gasteiger partial charge in [0.1, 0.15) is 5.75 Å². The van der Waals surface area contributed by atoms with Crippen molar-refractivity contribution in [3.63, 3.8) is 0 Å². The van der Waals surface area contributed by atoms with Crippen molar-refractivity contribution in [3.8, 4) is 5.75 Å². The molecular weight excluding hydrogens is 216 g/mol. The first-order valence-electron chi connectivity index (χ1n) is 5.79. The molecule has 2 N–H and O–H groups in total. The van der Waals surface area contributed by atoms with Gasteiger partial charge in [-0.15, -0.1) is 0 Å². The van der Waals surface area contributed by atoms with Crippen LogP contribution in [-0.2, 0) is 4.79 Å². The third-order valence-corrected chi connectivity index (χ3v) is 2.29. The molecule has 1 amide bonds. The summed E-state index contributed by atoms with van der Waals surface area (Å²) in [5, 5.41) is 6.03. The highest BCUT2D eigenvalue weighted by Crippen LogP contribution is 2.22. The number of para-hydroxylation sites is 2. The summed E-state index contributed by atoms with van der Waals surface area (Å²) in [6, 6.07) is 7.78. The topological polar surface area (TPSA) is 50.4 Å². The van der Waals surface area contributed by atoms with Gasteiger partial charge in [-0.05, 0) is 12.1 Å². The highest BCUT2D eigenvalue weighted by Gasteiger charge is 2.06. The van der Waals surface area contributed by atoms with Crippen LogP contribution in [0.5, 0.6) is 5.75 Å². The first-order valence-corrected chi connectivity index (χ1v) is 5.79. The fourth-order valence-electron chi connectivity index (χ4n) is 1.43. The van der Waals surface area contributed by atoms with Crippen LogP contribution in [0.1, 0.15) is 20.3 Å². The Morgan fingerprint density at radius 3 is 2.71 bits per heavy atom. The fourth-order valence-corrected chi connectivity index (χ4v) is 1.43. The van der Waals surface area contributed by atoms with E-state index < -0.39 is 0 Å². The van der Waals surface area contributed by atoms with Gasteiger partial charge in [-0.25, -0.2) is 0 Å². The maximum Gasteiger partial charge on any atom is 0.225 e. The largest absolute Gasteiger partial charge is 0.495 e. The molecule has 4 nitrogen and oxygen atoms in total. The Morgan fingerprint density at radius 2 is 2.06 bits per heavy atom. The second-order valence-corrected chi connectivity index (χ2v) is 4.11. The lowest BCUT2D eigenvalue weighted by molar-refractivity contribution is -0.116. The molecule has 0 aliphatic rings. The van der Waals surface area contributed by atoms with Crippen LogP contribution in [-0.4, -0.2) is 25.6 Å². The molecule has 0 fully saturated rings. The monoisotopic (exact) mass is 236 g/mol. The molecule has 1 rings (SSSR count). The number of methoxy groups -OCH3 is 1. The minimum atomic E-state index is -0.0114. The molecule has 0 bridgehead atoms. The van der Waals surface area contributed by atoms with E-state index in [9.17, 15) is 4.79 Å². The molecule has 0 saturated carbocycles. The zero-order valence-corrected chi connectivity index (χ0v) is 10.6. The number of carbonyl (C=O) groups excluding carboxylic acids is 1. The predicted octanol–water partition coefficient (Wildman–Crippen LogP) is 2.02. The van der Waals surface area contributed by atoms with Crippen LogP contribution in [0.2, 0.25) is 0 Å². The molecule has 0 saturated heterocycles. The molecular formula is C13H20N2O2. The predicted molar refractivity (Wildman–Crippen MR) is 69.4 cm³/mol.